The summed E-state index contributed by atoms with van der Waals surface area (Å²) in [6.45, 7) is 0.424. The van der Waals surface area contributed by atoms with Crippen molar-refractivity contribution in [3.63, 3.8) is 0 Å². The van der Waals surface area contributed by atoms with E-state index < -0.39 is 5.97 Å². The van der Waals surface area contributed by atoms with Crippen LogP contribution in [0.15, 0.2) is 73.2 Å². The van der Waals surface area contributed by atoms with Crippen molar-refractivity contribution in [3.8, 4) is 11.4 Å². The van der Waals surface area contributed by atoms with Crippen molar-refractivity contribution in [1.82, 2.24) is 14.5 Å². The highest BCUT2D eigenvalue weighted by atomic mass is 16.4. The van der Waals surface area contributed by atoms with E-state index >= 15 is 0 Å². The smallest absolute Gasteiger partial charge is 0.354 e. The number of rotatable bonds is 4. The van der Waals surface area contributed by atoms with Crippen molar-refractivity contribution in [2.45, 2.75) is 6.54 Å². The molecule has 4 rings (SSSR count). The quantitative estimate of drug-likeness (QED) is 0.617. The summed E-state index contributed by atoms with van der Waals surface area (Å²) in [5.41, 5.74) is 1.99. The molecule has 0 radical (unpaired) electrons. The first-order valence-electron chi connectivity index (χ1n) is 7.90. The Morgan fingerprint density at radius 2 is 1.84 bits per heavy atom. The van der Waals surface area contributed by atoms with Gasteiger partial charge >= 0.3 is 5.97 Å². The Morgan fingerprint density at radius 3 is 2.64 bits per heavy atom. The molecule has 0 amide bonds. The van der Waals surface area contributed by atoms with Crippen molar-refractivity contribution < 1.29 is 9.90 Å². The minimum absolute atomic E-state index is 0.159. The number of pyridine rings is 1. The maximum Gasteiger partial charge on any atom is 0.354 e. The fraction of sp³-hybridized carbons (Fsp3) is 0.0500. The van der Waals surface area contributed by atoms with Crippen LogP contribution in [0.1, 0.15) is 16.1 Å². The van der Waals surface area contributed by atoms with Gasteiger partial charge in [-0.05, 0) is 28.5 Å². The standard InChI is InChI=1S/C20H15N3O2/c24-20(25)18-12-22-19(15-8-4-10-21-11-15)23(18)13-16-7-3-6-14-5-1-2-9-17(14)16/h1-12H,13H2,(H,24,25). The van der Waals surface area contributed by atoms with Crippen molar-refractivity contribution in [2.24, 2.45) is 0 Å². The van der Waals surface area contributed by atoms with Gasteiger partial charge < -0.3 is 9.67 Å². The first kappa shape index (κ1) is 15.1. The maximum atomic E-state index is 11.6. The molecular formula is C20H15N3O2. The van der Waals surface area contributed by atoms with E-state index in [0.717, 1.165) is 21.9 Å². The molecule has 0 aliphatic rings. The zero-order chi connectivity index (χ0) is 17.2. The van der Waals surface area contributed by atoms with E-state index in [-0.39, 0.29) is 5.69 Å². The van der Waals surface area contributed by atoms with E-state index in [1.54, 1.807) is 17.0 Å². The molecule has 0 fully saturated rings. The molecule has 0 saturated carbocycles. The number of benzene rings is 2. The number of carboxylic acids is 1. The van der Waals surface area contributed by atoms with Gasteiger partial charge in [0.1, 0.15) is 11.5 Å². The number of hydrogen-bond donors (Lipinski definition) is 1. The van der Waals surface area contributed by atoms with Gasteiger partial charge in [0.15, 0.2) is 0 Å². The highest BCUT2D eigenvalue weighted by molar-refractivity contribution is 5.88. The highest BCUT2D eigenvalue weighted by Gasteiger charge is 2.18. The molecule has 0 aliphatic heterocycles. The van der Waals surface area contributed by atoms with Gasteiger partial charge in [-0.3, -0.25) is 4.98 Å². The average molecular weight is 329 g/mol. The third kappa shape index (κ3) is 2.76. The fourth-order valence-corrected chi connectivity index (χ4v) is 3.03. The van der Waals surface area contributed by atoms with E-state index in [0.29, 0.717) is 12.4 Å². The predicted octanol–water partition coefficient (Wildman–Crippen LogP) is 3.84. The van der Waals surface area contributed by atoms with Crippen molar-refractivity contribution in [3.05, 3.63) is 84.4 Å². The lowest BCUT2D eigenvalue weighted by molar-refractivity contribution is 0.0686. The van der Waals surface area contributed by atoms with Crippen LogP contribution in [0, 0.1) is 0 Å². The van der Waals surface area contributed by atoms with Gasteiger partial charge in [0.2, 0.25) is 0 Å². The highest BCUT2D eigenvalue weighted by Crippen LogP contribution is 2.24. The lowest BCUT2D eigenvalue weighted by atomic mass is 10.0. The molecule has 0 unspecified atom stereocenters. The Balaban J connectivity index is 1.87. The summed E-state index contributed by atoms with van der Waals surface area (Å²) in [4.78, 5) is 20.1. The molecule has 0 spiro atoms. The van der Waals surface area contributed by atoms with E-state index in [1.165, 1.54) is 6.20 Å². The molecule has 2 aromatic carbocycles. The van der Waals surface area contributed by atoms with Crippen LogP contribution in [0.2, 0.25) is 0 Å². The number of carboxylic acid groups (broad SMARTS) is 1. The third-order valence-corrected chi connectivity index (χ3v) is 4.20. The van der Waals surface area contributed by atoms with Gasteiger partial charge in [-0.25, -0.2) is 9.78 Å². The summed E-state index contributed by atoms with van der Waals surface area (Å²) in [6, 6.07) is 17.8. The molecule has 0 atom stereocenters. The number of nitrogens with zero attached hydrogens (tertiary/aromatic N) is 3. The second-order valence-corrected chi connectivity index (χ2v) is 5.74. The normalized spacial score (nSPS) is 10.9. The summed E-state index contributed by atoms with van der Waals surface area (Å²) in [7, 11) is 0. The predicted molar refractivity (Wildman–Crippen MR) is 95.5 cm³/mol. The van der Waals surface area contributed by atoms with Crippen LogP contribution in [0.5, 0.6) is 0 Å². The van der Waals surface area contributed by atoms with Crippen LogP contribution in [0.3, 0.4) is 0 Å². The molecule has 2 aromatic heterocycles. The summed E-state index contributed by atoms with van der Waals surface area (Å²) in [5, 5.41) is 11.8. The fourth-order valence-electron chi connectivity index (χ4n) is 3.03. The molecule has 0 saturated heterocycles. The molecule has 0 aliphatic carbocycles. The van der Waals surface area contributed by atoms with E-state index in [4.69, 9.17) is 0 Å². The van der Waals surface area contributed by atoms with Crippen LogP contribution in [-0.2, 0) is 6.54 Å². The largest absolute Gasteiger partial charge is 0.477 e. The van der Waals surface area contributed by atoms with Crippen molar-refractivity contribution in [2.75, 3.05) is 0 Å². The molecule has 5 nitrogen and oxygen atoms in total. The number of aromatic carboxylic acids is 1. The minimum atomic E-state index is -0.997. The molecule has 25 heavy (non-hydrogen) atoms. The Kier molecular flexibility index (Phi) is 3.74. The van der Waals surface area contributed by atoms with E-state index in [2.05, 4.69) is 9.97 Å². The lowest BCUT2D eigenvalue weighted by Gasteiger charge is -2.12. The second-order valence-electron chi connectivity index (χ2n) is 5.74. The van der Waals surface area contributed by atoms with Gasteiger partial charge in [-0.15, -0.1) is 0 Å². The van der Waals surface area contributed by atoms with Gasteiger partial charge in [-0.1, -0.05) is 42.5 Å². The molecule has 0 bridgehead atoms. The molecule has 4 aromatic rings. The molecule has 122 valence electrons. The number of aromatic nitrogens is 3. The Hall–Kier alpha value is -3.47. The topological polar surface area (TPSA) is 68.0 Å². The maximum absolute atomic E-state index is 11.6. The SMILES string of the molecule is O=C(O)c1cnc(-c2cccnc2)n1Cc1cccc2ccccc12. The van der Waals surface area contributed by atoms with Crippen molar-refractivity contribution in [1.29, 1.82) is 0 Å². The molecule has 1 N–H and O–H groups in total. The zero-order valence-electron chi connectivity index (χ0n) is 13.3. The lowest BCUT2D eigenvalue weighted by Crippen LogP contribution is -2.11. The average Bonchev–Trinajstić information content (AvgIpc) is 3.07. The number of carbonyl (C=O) groups is 1. The Labute approximate surface area is 144 Å². The van der Waals surface area contributed by atoms with Gasteiger partial charge in [0.05, 0.1) is 12.7 Å². The van der Waals surface area contributed by atoms with Crippen LogP contribution in [-0.4, -0.2) is 25.6 Å². The number of imidazole rings is 1. The van der Waals surface area contributed by atoms with E-state index in [1.807, 2.05) is 54.6 Å². The van der Waals surface area contributed by atoms with Crippen LogP contribution >= 0.6 is 0 Å². The summed E-state index contributed by atoms with van der Waals surface area (Å²) >= 11 is 0. The molecule has 5 heteroatoms. The number of hydrogen-bond acceptors (Lipinski definition) is 3. The zero-order valence-corrected chi connectivity index (χ0v) is 13.3. The summed E-state index contributed by atoms with van der Waals surface area (Å²) in [5.74, 6) is -0.402. The first-order chi connectivity index (χ1) is 12.2. The monoisotopic (exact) mass is 329 g/mol. The second kappa shape index (κ2) is 6.20. The Morgan fingerprint density at radius 1 is 1.00 bits per heavy atom. The van der Waals surface area contributed by atoms with Crippen LogP contribution in [0.25, 0.3) is 22.2 Å². The summed E-state index contributed by atoms with van der Waals surface area (Å²) < 4.78 is 1.72. The van der Waals surface area contributed by atoms with Crippen LogP contribution in [0.4, 0.5) is 0 Å². The number of fused-ring (bicyclic) bond motifs is 1. The minimum Gasteiger partial charge on any atom is -0.477 e. The van der Waals surface area contributed by atoms with Crippen molar-refractivity contribution >= 4 is 16.7 Å². The Bertz CT molecular complexity index is 1050. The van der Waals surface area contributed by atoms with Gasteiger partial charge in [-0.2, -0.15) is 0 Å². The summed E-state index contributed by atoms with van der Waals surface area (Å²) in [6.07, 6.45) is 4.77. The third-order valence-electron chi connectivity index (χ3n) is 4.20. The molecular weight excluding hydrogens is 314 g/mol. The van der Waals surface area contributed by atoms with Crippen LogP contribution < -0.4 is 0 Å². The molecule has 2 heterocycles. The first-order valence-corrected chi connectivity index (χ1v) is 7.90. The van der Waals surface area contributed by atoms with Gasteiger partial charge in [0, 0.05) is 18.0 Å². The van der Waals surface area contributed by atoms with E-state index in [9.17, 15) is 9.90 Å². The van der Waals surface area contributed by atoms with Gasteiger partial charge in [0.25, 0.3) is 0 Å².